The minimum absolute atomic E-state index is 0.0671. The van der Waals surface area contributed by atoms with Gasteiger partial charge in [0.15, 0.2) is 0 Å². The molecule has 3 rings (SSSR count). The summed E-state index contributed by atoms with van der Waals surface area (Å²) in [5.74, 6) is -0.600. The molecule has 2 fully saturated rings. The van der Waals surface area contributed by atoms with Crippen LogP contribution in [0.5, 0.6) is 0 Å². The van der Waals surface area contributed by atoms with Crippen molar-refractivity contribution >= 4 is 23.7 Å². The van der Waals surface area contributed by atoms with Crippen LogP contribution in [-0.2, 0) is 14.4 Å². The number of nitrogens with zero attached hydrogens (tertiary/aromatic N) is 3. The predicted octanol–water partition coefficient (Wildman–Crippen LogP) is 0.308. The molecular formula is C13H17N5O3. The quantitative estimate of drug-likeness (QED) is 0.776. The fourth-order valence-corrected chi connectivity index (χ4v) is 3.12. The van der Waals surface area contributed by atoms with E-state index in [4.69, 9.17) is 0 Å². The molecule has 0 unspecified atom stereocenters. The van der Waals surface area contributed by atoms with E-state index in [-0.39, 0.29) is 48.5 Å². The van der Waals surface area contributed by atoms with Crippen LogP contribution in [0.1, 0.15) is 32.1 Å². The van der Waals surface area contributed by atoms with Gasteiger partial charge in [0.05, 0.1) is 11.8 Å². The molecule has 1 aliphatic heterocycles. The highest BCUT2D eigenvalue weighted by Gasteiger charge is 2.47. The molecule has 2 heterocycles. The van der Waals surface area contributed by atoms with Crippen LogP contribution in [0.4, 0.5) is 5.95 Å². The Bertz CT molecular complexity index is 532. The Morgan fingerprint density at radius 1 is 1.29 bits per heavy atom. The fraction of sp³-hybridized carbons (Fsp3) is 0.615. The van der Waals surface area contributed by atoms with E-state index in [1.165, 1.54) is 11.2 Å². The van der Waals surface area contributed by atoms with Crippen molar-refractivity contribution in [2.45, 2.75) is 32.1 Å². The Balaban J connectivity index is 1.56. The van der Waals surface area contributed by atoms with E-state index in [0.29, 0.717) is 0 Å². The molecule has 21 heavy (non-hydrogen) atoms. The third kappa shape index (κ3) is 2.65. The maximum Gasteiger partial charge on any atom is 0.233 e. The lowest BCUT2D eigenvalue weighted by molar-refractivity contribution is -0.140. The highest BCUT2D eigenvalue weighted by molar-refractivity contribution is 6.05. The molecule has 2 atom stereocenters. The van der Waals surface area contributed by atoms with Crippen LogP contribution in [-0.4, -0.2) is 44.3 Å². The topological polar surface area (TPSA) is 108 Å². The standard InChI is InChI=1S/C13H17N5O3/c19-10(16-13-14-7-15-17-13)5-6-18-11(20)8-3-1-2-4-9(8)12(18)21/h7-9H,1-6H2,(H2,14,15,16,17,19)/t8-,9+. The zero-order valence-electron chi connectivity index (χ0n) is 11.5. The maximum absolute atomic E-state index is 12.2. The number of hydrogen-bond acceptors (Lipinski definition) is 5. The number of fused-ring (bicyclic) bond motifs is 1. The van der Waals surface area contributed by atoms with E-state index >= 15 is 0 Å². The SMILES string of the molecule is O=C(CCN1C(=O)[C@H]2CCCC[C@H]2C1=O)Nc1ncn[nH]1. The first kappa shape index (κ1) is 13.7. The number of rotatable bonds is 4. The monoisotopic (exact) mass is 291 g/mol. The van der Waals surface area contributed by atoms with E-state index < -0.39 is 0 Å². The second kappa shape index (κ2) is 5.63. The number of nitrogens with one attached hydrogen (secondary N) is 2. The van der Waals surface area contributed by atoms with Crippen LogP contribution < -0.4 is 5.32 Å². The number of aromatic amines is 1. The van der Waals surface area contributed by atoms with Crippen LogP contribution in [0.15, 0.2) is 6.33 Å². The Morgan fingerprint density at radius 3 is 2.52 bits per heavy atom. The second-order valence-electron chi connectivity index (χ2n) is 5.46. The molecule has 1 saturated carbocycles. The molecular weight excluding hydrogens is 274 g/mol. The van der Waals surface area contributed by atoms with Gasteiger partial charge in [-0.15, -0.1) is 0 Å². The molecule has 1 aromatic rings. The van der Waals surface area contributed by atoms with Gasteiger partial charge in [0.25, 0.3) is 0 Å². The number of carbonyl (C=O) groups is 3. The molecule has 0 bridgehead atoms. The van der Waals surface area contributed by atoms with Crippen LogP contribution in [0.3, 0.4) is 0 Å². The van der Waals surface area contributed by atoms with Crippen molar-refractivity contribution in [3.8, 4) is 0 Å². The van der Waals surface area contributed by atoms with Crippen molar-refractivity contribution in [2.75, 3.05) is 11.9 Å². The molecule has 112 valence electrons. The van der Waals surface area contributed by atoms with E-state index in [1.54, 1.807) is 0 Å². The van der Waals surface area contributed by atoms with Gasteiger partial charge in [-0.1, -0.05) is 12.8 Å². The number of aromatic nitrogens is 3. The molecule has 2 aliphatic rings. The van der Waals surface area contributed by atoms with Gasteiger partial charge in [-0.3, -0.25) is 24.6 Å². The Morgan fingerprint density at radius 2 is 1.95 bits per heavy atom. The summed E-state index contributed by atoms with van der Waals surface area (Å²) >= 11 is 0. The fourth-order valence-electron chi connectivity index (χ4n) is 3.12. The minimum Gasteiger partial charge on any atom is -0.295 e. The lowest BCUT2D eigenvalue weighted by atomic mass is 9.81. The number of imide groups is 1. The molecule has 1 aliphatic carbocycles. The molecule has 0 spiro atoms. The summed E-state index contributed by atoms with van der Waals surface area (Å²) in [5.41, 5.74) is 0. The highest BCUT2D eigenvalue weighted by atomic mass is 16.2. The van der Waals surface area contributed by atoms with Crippen LogP contribution in [0.2, 0.25) is 0 Å². The predicted molar refractivity (Wildman–Crippen MR) is 71.8 cm³/mol. The number of anilines is 1. The van der Waals surface area contributed by atoms with Gasteiger partial charge in [-0.2, -0.15) is 10.1 Å². The van der Waals surface area contributed by atoms with Gasteiger partial charge >= 0.3 is 0 Å². The molecule has 2 N–H and O–H groups in total. The largest absolute Gasteiger partial charge is 0.295 e. The van der Waals surface area contributed by atoms with Gasteiger partial charge in [-0.05, 0) is 12.8 Å². The first-order chi connectivity index (χ1) is 10.2. The summed E-state index contributed by atoms with van der Waals surface area (Å²) in [5, 5.41) is 8.65. The average Bonchev–Trinajstić information content (AvgIpc) is 3.07. The smallest absolute Gasteiger partial charge is 0.233 e. The first-order valence-electron chi connectivity index (χ1n) is 7.17. The number of carbonyl (C=O) groups excluding carboxylic acids is 3. The lowest BCUT2D eigenvalue weighted by Gasteiger charge is -2.19. The summed E-state index contributed by atoms with van der Waals surface area (Å²) in [6.45, 7) is 0.130. The van der Waals surface area contributed by atoms with E-state index in [0.717, 1.165) is 25.7 Å². The summed E-state index contributed by atoms with van der Waals surface area (Å²) in [7, 11) is 0. The van der Waals surface area contributed by atoms with Gasteiger partial charge in [-0.25, -0.2) is 5.10 Å². The van der Waals surface area contributed by atoms with E-state index in [2.05, 4.69) is 20.5 Å². The molecule has 8 heteroatoms. The molecule has 0 aromatic carbocycles. The first-order valence-corrected chi connectivity index (χ1v) is 7.17. The van der Waals surface area contributed by atoms with E-state index in [1.807, 2.05) is 0 Å². The van der Waals surface area contributed by atoms with Crippen molar-refractivity contribution in [3.05, 3.63) is 6.33 Å². The van der Waals surface area contributed by atoms with Crippen molar-refractivity contribution < 1.29 is 14.4 Å². The third-order valence-electron chi connectivity index (χ3n) is 4.17. The normalized spacial score (nSPS) is 25.0. The number of H-pyrrole nitrogens is 1. The summed E-state index contributed by atoms with van der Waals surface area (Å²) in [6, 6.07) is 0. The van der Waals surface area contributed by atoms with Crippen LogP contribution in [0.25, 0.3) is 0 Å². The van der Waals surface area contributed by atoms with E-state index in [9.17, 15) is 14.4 Å². The zero-order chi connectivity index (χ0) is 14.8. The third-order valence-corrected chi connectivity index (χ3v) is 4.17. The van der Waals surface area contributed by atoms with Crippen molar-refractivity contribution in [2.24, 2.45) is 11.8 Å². The molecule has 8 nitrogen and oxygen atoms in total. The Hall–Kier alpha value is -2.25. The molecule has 3 amide bonds. The van der Waals surface area contributed by atoms with Gasteiger partial charge in [0, 0.05) is 13.0 Å². The number of amides is 3. The van der Waals surface area contributed by atoms with Crippen LogP contribution >= 0.6 is 0 Å². The molecule has 0 radical (unpaired) electrons. The minimum atomic E-state index is -0.303. The lowest BCUT2D eigenvalue weighted by Crippen LogP contribution is -2.34. The zero-order valence-corrected chi connectivity index (χ0v) is 11.5. The summed E-state index contributed by atoms with van der Waals surface area (Å²) < 4.78 is 0. The Labute approximate surface area is 121 Å². The molecule has 1 aromatic heterocycles. The van der Waals surface area contributed by atoms with Crippen molar-refractivity contribution in [3.63, 3.8) is 0 Å². The second-order valence-corrected chi connectivity index (χ2v) is 5.46. The van der Waals surface area contributed by atoms with Crippen molar-refractivity contribution in [1.82, 2.24) is 20.1 Å². The van der Waals surface area contributed by atoms with Gasteiger partial charge in [0.1, 0.15) is 6.33 Å². The Kier molecular flexibility index (Phi) is 3.68. The number of hydrogen-bond donors (Lipinski definition) is 2. The highest BCUT2D eigenvalue weighted by Crippen LogP contribution is 2.37. The van der Waals surface area contributed by atoms with Crippen molar-refractivity contribution in [1.29, 1.82) is 0 Å². The molecule has 1 saturated heterocycles. The summed E-state index contributed by atoms with van der Waals surface area (Å²) in [6.07, 6.45) is 4.93. The van der Waals surface area contributed by atoms with Gasteiger partial charge in [0.2, 0.25) is 23.7 Å². The number of likely N-dealkylation sites (tertiary alicyclic amines) is 1. The maximum atomic E-state index is 12.2. The average molecular weight is 291 g/mol. The summed E-state index contributed by atoms with van der Waals surface area (Å²) in [4.78, 5) is 41.2. The van der Waals surface area contributed by atoms with Crippen LogP contribution in [0, 0.1) is 11.8 Å². The van der Waals surface area contributed by atoms with Gasteiger partial charge < -0.3 is 0 Å².